The van der Waals surface area contributed by atoms with E-state index in [1.54, 1.807) is 45.0 Å². The maximum absolute atomic E-state index is 13.7. The Morgan fingerprint density at radius 2 is 1.90 bits per heavy atom. The van der Waals surface area contributed by atoms with Crippen LogP contribution < -0.4 is 21.3 Å². The standard InChI is InChI=1S/C36H43N9O4.H2S/c1-23-19-42(12-13-49-5)10-11-43(23)26-6-7-32(38-18-26)40-29-14-25(20-41(4)34(29)47)27-8-9-37-33(28(27)21-46)45-35(48)30-15-24-16-36(2,3)17-31(24)44(30)22-39-45;/h6-9,14-15,18,20,22-23,46H,10-13,16-17,19,21H2,1-5H3,(H,38,40);1H2/t23-;/m0./s1. The second-order valence-electron chi connectivity index (χ2n) is 14.0. The lowest BCUT2D eigenvalue weighted by Crippen LogP contribution is -2.52. The molecule has 0 saturated carbocycles. The van der Waals surface area contributed by atoms with Crippen molar-refractivity contribution < 1.29 is 9.84 Å². The zero-order valence-corrected chi connectivity index (χ0v) is 30.2. The number of ether oxygens (including phenoxy) is 1. The van der Waals surface area contributed by atoms with Gasteiger partial charge in [-0.2, -0.15) is 23.3 Å². The Labute approximate surface area is 297 Å². The van der Waals surface area contributed by atoms with E-state index in [-0.39, 0.29) is 35.8 Å². The lowest BCUT2D eigenvalue weighted by atomic mass is 9.90. The molecule has 1 saturated heterocycles. The minimum absolute atomic E-state index is 0. The molecule has 1 aliphatic heterocycles. The third kappa shape index (κ3) is 6.55. The normalized spacial score (nSPS) is 17.2. The molecule has 2 aliphatic rings. The molecule has 5 aromatic heterocycles. The SMILES string of the molecule is COCCN1CCN(c2ccc(Nc3cc(-c4ccnc(-n5ncn6c7c(cc6c5=O)CC(C)(C)C7)c4CO)cn(C)c3=O)nc2)[C@@H](C)C1.S. The van der Waals surface area contributed by atoms with Crippen molar-refractivity contribution in [2.45, 2.75) is 46.3 Å². The maximum atomic E-state index is 13.7. The van der Waals surface area contributed by atoms with Crippen LogP contribution in [0.2, 0.25) is 0 Å². The van der Waals surface area contributed by atoms with Crippen LogP contribution in [0.4, 0.5) is 17.2 Å². The van der Waals surface area contributed by atoms with Crippen molar-refractivity contribution in [3.8, 4) is 16.9 Å². The monoisotopic (exact) mass is 699 g/mol. The molecule has 0 unspecified atom stereocenters. The number of piperazine rings is 1. The molecule has 0 aromatic carbocycles. The highest BCUT2D eigenvalue weighted by Crippen LogP contribution is 2.37. The Hall–Kier alpha value is -4.50. The molecule has 0 spiro atoms. The van der Waals surface area contributed by atoms with Gasteiger partial charge in [0.15, 0.2) is 5.82 Å². The molecule has 5 aromatic rings. The summed E-state index contributed by atoms with van der Waals surface area (Å²) >= 11 is 0. The third-order valence-corrected chi connectivity index (χ3v) is 9.79. The van der Waals surface area contributed by atoms with E-state index in [1.165, 1.54) is 9.25 Å². The van der Waals surface area contributed by atoms with Crippen LogP contribution in [0.5, 0.6) is 0 Å². The van der Waals surface area contributed by atoms with Crippen LogP contribution in [0.1, 0.15) is 37.6 Å². The van der Waals surface area contributed by atoms with E-state index in [9.17, 15) is 14.7 Å². The first-order chi connectivity index (χ1) is 23.6. The number of anilines is 3. The van der Waals surface area contributed by atoms with Crippen LogP contribution in [0.3, 0.4) is 0 Å². The molecule has 50 heavy (non-hydrogen) atoms. The molecule has 0 bridgehead atoms. The minimum Gasteiger partial charge on any atom is -0.392 e. The molecule has 0 amide bonds. The number of aryl methyl sites for hydroxylation is 1. The Balaban J connectivity index is 0.00000432. The van der Waals surface area contributed by atoms with E-state index < -0.39 is 6.61 Å². The van der Waals surface area contributed by atoms with E-state index in [0.717, 1.165) is 62.6 Å². The zero-order valence-electron chi connectivity index (χ0n) is 29.2. The van der Waals surface area contributed by atoms with E-state index in [0.29, 0.717) is 39.8 Å². The summed E-state index contributed by atoms with van der Waals surface area (Å²) in [5, 5.41) is 18.3. The van der Waals surface area contributed by atoms with Gasteiger partial charge in [0, 0.05) is 75.6 Å². The highest BCUT2D eigenvalue weighted by atomic mass is 32.1. The summed E-state index contributed by atoms with van der Waals surface area (Å²) in [6.45, 7) is 10.7. The molecule has 14 heteroatoms. The second-order valence-corrected chi connectivity index (χ2v) is 14.0. The maximum Gasteiger partial charge on any atom is 0.297 e. The number of nitrogens with one attached hydrogen (secondary N) is 1. The molecular weight excluding hydrogens is 655 g/mol. The van der Waals surface area contributed by atoms with Gasteiger partial charge >= 0.3 is 0 Å². The van der Waals surface area contributed by atoms with Crippen LogP contribution in [0, 0.1) is 5.41 Å². The van der Waals surface area contributed by atoms with Gasteiger partial charge in [-0.1, -0.05) is 13.8 Å². The molecule has 6 heterocycles. The van der Waals surface area contributed by atoms with Crippen molar-refractivity contribution in [3.63, 3.8) is 0 Å². The first kappa shape index (κ1) is 35.3. The van der Waals surface area contributed by atoms with Gasteiger partial charge in [-0.3, -0.25) is 18.9 Å². The number of hydrogen-bond acceptors (Lipinski definition) is 10. The number of aliphatic hydroxyl groups excluding tert-OH is 1. The summed E-state index contributed by atoms with van der Waals surface area (Å²) in [5.41, 5.74) is 5.45. The summed E-state index contributed by atoms with van der Waals surface area (Å²) in [7, 11) is 3.40. The Morgan fingerprint density at radius 1 is 1.08 bits per heavy atom. The van der Waals surface area contributed by atoms with E-state index in [2.05, 4.69) is 51.0 Å². The molecule has 7 rings (SSSR count). The van der Waals surface area contributed by atoms with E-state index in [1.807, 2.05) is 28.8 Å². The zero-order chi connectivity index (χ0) is 34.4. The lowest BCUT2D eigenvalue weighted by molar-refractivity contribution is 0.136. The summed E-state index contributed by atoms with van der Waals surface area (Å²) in [5.74, 6) is 0.775. The number of aromatic nitrogens is 6. The fourth-order valence-electron chi connectivity index (χ4n) is 7.36. The Kier molecular flexibility index (Phi) is 9.91. The largest absolute Gasteiger partial charge is 0.392 e. The number of nitrogens with zero attached hydrogens (tertiary/aromatic N) is 8. The average molecular weight is 700 g/mol. The van der Waals surface area contributed by atoms with Gasteiger partial charge in [0.2, 0.25) is 0 Å². The molecule has 1 aliphatic carbocycles. The Bertz CT molecular complexity index is 2140. The van der Waals surface area contributed by atoms with Crippen molar-refractivity contribution in [1.82, 2.24) is 33.6 Å². The highest BCUT2D eigenvalue weighted by molar-refractivity contribution is 7.59. The number of aliphatic hydroxyl groups is 1. The summed E-state index contributed by atoms with van der Waals surface area (Å²) < 4.78 is 9.85. The van der Waals surface area contributed by atoms with E-state index >= 15 is 0 Å². The fraction of sp³-hybridized carbons (Fsp3) is 0.417. The van der Waals surface area contributed by atoms with Crippen molar-refractivity contribution in [1.29, 1.82) is 0 Å². The van der Waals surface area contributed by atoms with Gasteiger partial charge in [-0.25, -0.2) is 9.97 Å². The first-order valence-corrected chi connectivity index (χ1v) is 16.7. The number of fused-ring (bicyclic) bond motifs is 3. The van der Waals surface area contributed by atoms with Crippen molar-refractivity contribution in [2.75, 3.05) is 50.1 Å². The number of hydrogen-bond donors (Lipinski definition) is 2. The van der Waals surface area contributed by atoms with Gasteiger partial charge in [0.25, 0.3) is 11.1 Å². The smallest absolute Gasteiger partial charge is 0.297 e. The van der Waals surface area contributed by atoms with Crippen LogP contribution in [0.25, 0.3) is 22.5 Å². The average Bonchev–Trinajstić information content (AvgIpc) is 3.58. The highest BCUT2D eigenvalue weighted by Gasteiger charge is 2.32. The number of methoxy groups -OCH3 is 1. The summed E-state index contributed by atoms with van der Waals surface area (Å²) in [6.07, 6.45) is 8.54. The molecule has 0 radical (unpaired) electrons. The van der Waals surface area contributed by atoms with Crippen LogP contribution in [-0.4, -0.2) is 84.7 Å². The molecule has 1 atom stereocenters. The van der Waals surface area contributed by atoms with Crippen LogP contribution in [0.15, 0.2) is 64.8 Å². The van der Waals surface area contributed by atoms with Crippen molar-refractivity contribution in [3.05, 3.63) is 92.8 Å². The summed E-state index contributed by atoms with van der Waals surface area (Å²) in [6, 6.07) is 9.67. The molecular formula is C36H45N9O4S. The number of pyridine rings is 3. The topological polar surface area (TPSA) is 135 Å². The fourth-order valence-corrected chi connectivity index (χ4v) is 7.36. The van der Waals surface area contributed by atoms with Gasteiger partial charge < -0.3 is 24.6 Å². The van der Waals surface area contributed by atoms with Gasteiger partial charge in [-0.05, 0) is 66.6 Å². The Morgan fingerprint density at radius 3 is 2.62 bits per heavy atom. The van der Waals surface area contributed by atoms with Crippen molar-refractivity contribution >= 4 is 36.2 Å². The summed E-state index contributed by atoms with van der Waals surface area (Å²) in [4.78, 5) is 40.9. The second kappa shape index (κ2) is 14.0. The molecule has 13 nitrogen and oxygen atoms in total. The van der Waals surface area contributed by atoms with Gasteiger partial charge in [-0.15, -0.1) is 0 Å². The van der Waals surface area contributed by atoms with Gasteiger partial charge in [0.1, 0.15) is 23.3 Å². The van der Waals surface area contributed by atoms with Gasteiger partial charge in [0.05, 0.1) is 25.1 Å². The molecule has 1 fully saturated rings. The molecule has 2 N–H and O–H groups in total. The minimum atomic E-state index is -0.392. The van der Waals surface area contributed by atoms with Crippen molar-refractivity contribution in [2.24, 2.45) is 12.5 Å². The molecule has 264 valence electrons. The van der Waals surface area contributed by atoms with Crippen LogP contribution >= 0.6 is 13.5 Å². The quantitative estimate of drug-likeness (QED) is 0.236. The predicted octanol–water partition coefficient (Wildman–Crippen LogP) is 3.27. The number of rotatable bonds is 9. The third-order valence-electron chi connectivity index (χ3n) is 9.79. The predicted molar refractivity (Wildman–Crippen MR) is 199 cm³/mol. The first-order valence-electron chi connectivity index (χ1n) is 16.7. The lowest BCUT2D eigenvalue weighted by Gasteiger charge is -2.41. The van der Waals surface area contributed by atoms with Crippen LogP contribution in [-0.2, 0) is 31.2 Å². The van der Waals surface area contributed by atoms with E-state index in [4.69, 9.17) is 4.74 Å².